The molecule has 1 spiro atoms. The smallest absolute Gasteiger partial charge is 0.244 e. The summed E-state index contributed by atoms with van der Waals surface area (Å²) < 4.78 is 64.3. The number of aliphatic hydroxyl groups excluding tert-OH is 2. The molecular weight excluding hydrogens is 594 g/mol. The number of hydrogen-bond donors (Lipinski definition) is 3. The van der Waals surface area contributed by atoms with Crippen LogP contribution < -0.4 is 10.1 Å². The molecular formula is C30H39N3O8S2. The zero-order valence-corrected chi connectivity index (χ0v) is 26.0. The first-order chi connectivity index (χ1) is 20.4. The summed E-state index contributed by atoms with van der Waals surface area (Å²) in [5.74, 6) is 0.304. The summed E-state index contributed by atoms with van der Waals surface area (Å²) >= 11 is 0. The van der Waals surface area contributed by atoms with E-state index in [-0.39, 0.29) is 29.0 Å². The highest BCUT2D eigenvalue weighted by Gasteiger charge is 2.45. The molecule has 0 amide bonds. The molecule has 2 atom stereocenters. The van der Waals surface area contributed by atoms with E-state index in [9.17, 15) is 27.0 Å². The van der Waals surface area contributed by atoms with Gasteiger partial charge in [0.05, 0.1) is 34.0 Å². The summed E-state index contributed by atoms with van der Waals surface area (Å²) in [6, 6.07) is 15.1. The lowest BCUT2D eigenvalue weighted by atomic mass is 9.88. The lowest BCUT2D eigenvalue weighted by molar-refractivity contribution is -0.0312. The molecule has 2 aliphatic rings. The Hall–Kier alpha value is -2.65. The zero-order chi connectivity index (χ0) is 30.9. The van der Waals surface area contributed by atoms with Crippen molar-refractivity contribution < 1.29 is 36.5 Å². The van der Waals surface area contributed by atoms with Crippen molar-refractivity contribution in [2.24, 2.45) is 0 Å². The fraction of sp³-hybridized carbons (Fsp3) is 0.500. The second kappa shape index (κ2) is 12.4. The summed E-state index contributed by atoms with van der Waals surface area (Å²) in [4.78, 5) is 4.54. The zero-order valence-electron chi connectivity index (χ0n) is 24.3. The highest BCUT2D eigenvalue weighted by atomic mass is 32.2. The Morgan fingerprint density at radius 3 is 2.58 bits per heavy atom. The average molecular weight is 634 g/mol. The van der Waals surface area contributed by atoms with Gasteiger partial charge in [0.2, 0.25) is 10.0 Å². The van der Waals surface area contributed by atoms with Crippen LogP contribution in [0.4, 0.5) is 0 Å². The van der Waals surface area contributed by atoms with Crippen LogP contribution in [0.2, 0.25) is 0 Å². The Bertz CT molecular complexity index is 1650. The number of para-hydroxylation sites is 1. The third-order valence-electron chi connectivity index (χ3n) is 8.35. The second-order valence-electron chi connectivity index (χ2n) is 11.9. The standard InChI is InChI=1S/C30H39N3O8S2/c1-29(2,21-34)42(36,37)26-8-5-7-25(15-26)40-20-24(35)17-31-23-16-30(41-19-23)10-12-33(13-11-30)43(38,39)27-14-22-6-3-4-9-28(22)32-18-27/h3-9,14-15,18,23-24,31,34-35H,10-13,16-17,19-21H2,1-2H3/t23-,24+/m1/s1. The van der Waals surface area contributed by atoms with Crippen molar-refractivity contribution >= 4 is 30.8 Å². The molecule has 2 saturated heterocycles. The molecule has 1 aromatic heterocycles. The maximum atomic E-state index is 13.3. The van der Waals surface area contributed by atoms with Crippen molar-refractivity contribution in [2.45, 2.75) is 65.4 Å². The summed E-state index contributed by atoms with van der Waals surface area (Å²) in [6.07, 6.45) is 2.41. The van der Waals surface area contributed by atoms with E-state index >= 15 is 0 Å². The van der Waals surface area contributed by atoms with Crippen molar-refractivity contribution in [3.05, 3.63) is 60.8 Å². The first kappa shape index (κ1) is 31.8. The molecule has 0 radical (unpaired) electrons. The number of hydrogen-bond acceptors (Lipinski definition) is 10. The fourth-order valence-corrected chi connectivity index (χ4v) is 8.25. The van der Waals surface area contributed by atoms with Crippen LogP contribution in [0.3, 0.4) is 0 Å². The van der Waals surface area contributed by atoms with Gasteiger partial charge in [0.25, 0.3) is 0 Å². The van der Waals surface area contributed by atoms with Crippen LogP contribution in [-0.4, -0.2) is 98.3 Å². The van der Waals surface area contributed by atoms with Gasteiger partial charge in [0.15, 0.2) is 9.84 Å². The number of aliphatic hydroxyl groups is 2. The quantitative estimate of drug-likeness (QED) is 0.286. The molecule has 3 heterocycles. The molecule has 3 aromatic rings. The number of sulfone groups is 1. The number of pyridine rings is 1. The second-order valence-corrected chi connectivity index (χ2v) is 16.5. The molecule has 0 saturated carbocycles. The Morgan fingerprint density at radius 1 is 1.09 bits per heavy atom. The van der Waals surface area contributed by atoms with Gasteiger partial charge >= 0.3 is 0 Å². The number of piperidine rings is 1. The number of ether oxygens (including phenoxy) is 2. The van der Waals surface area contributed by atoms with Gasteiger partial charge in [-0.2, -0.15) is 4.31 Å². The number of nitrogens with zero attached hydrogens (tertiary/aromatic N) is 2. The van der Waals surface area contributed by atoms with Gasteiger partial charge in [0, 0.05) is 37.3 Å². The predicted octanol–water partition coefficient (Wildman–Crippen LogP) is 2.12. The van der Waals surface area contributed by atoms with Crippen LogP contribution in [0.25, 0.3) is 10.9 Å². The summed E-state index contributed by atoms with van der Waals surface area (Å²) in [5.41, 5.74) is 0.331. The topological polar surface area (TPSA) is 155 Å². The Kier molecular flexibility index (Phi) is 9.15. The highest BCUT2D eigenvalue weighted by molar-refractivity contribution is 7.92. The largest absolute Gasteiger partial charge is 0.491 e. The molecule has 43 heavy (non-hydrogen) atoms. The summed E-state index contributed by atoms with van der Waals surface area (Å²) in [7, 11) is -7.45. The van der Waals surface area contributed by atoms with Gasteiger partial charge in [-0.1, -0.05) is 24.3 Å². The third-order valence-corrected chi connectivity index (χ3v) is 12.7. The predicted molar refractivity (Wildman–Crippen MR) is 161 cm³/mol. The minimum Gasteiger partial charge on any atom is -0.491 e. The molecule has 11 nitrogen and oxygen atoms in total. The van der Waals surface area contributed by atoms with E-state index in [4.69, 9.17) is 9.47 Å². The normalized spacial score (nSPS) is 20.4. The number of fused-ring (bicyclic) bond motifs is 1. The number of sulfonamides is 1. The van der Waals surface area contributed by atoms with Crippen molar-refractivity contribution in [1.82, 2.24) is 14.6 Å². The monoisotopic (exact) mass is 633 g/mol. The summed E-state index contributed by atoms with van der Waals surface area (Å²) in [5, 5.41) is 24.1. The van der Waals surface area contributed by atoms with Crippen molar-refractivity contribution in [2.75, 3.05) is 39.5 Å². The van der Waals surface area contributed by atoms with Crippen LogP contribution in [0.15, 0.2) is 70.6 Å². The maximum Gasteiger partial charge on any atom is 0.244 e. The first-order valence-corrected chi connectivity index (χ1v) is 17.3. The lowest BCUT2D eigenvalue weighted by Gasteiger charge is -2.38. The van der Waals surface area contributed by atoms with Crippen LogP contribution >= 0.6 is 0 Å². The Morgan fingerprint density at radius 2 is 1.84 bits per heavy atom. The SMILES string of the molecule is CC(C)(CO)S(=O)(=O)c1cccc(OC[C@@H](O)CN[C@H]2COC3(CCN(S(=O)(=O)c4cnc5ccccc5c4)CC3)C2)c1. The Balaban J connectivity index is 1.09. The van der Waals surface area contributed by atoms with E-state index in [1.165, 1.54) is 36.5 Å². The molecule has 5 rings (SSSR count). The van der Waals surface area contributed by atoms with Gasteiger partial charge in [-0.05, 0) is 63.4 Å². The van der Waals surface area contributed by atoms with Gasteiger partial charge in [-0.15, -0.1) is 0 Å². The fourth-order valence-electron chi connectivity index (χ4n) is 5.49. The van der Waals surface area contributed by atoms with Gasteiger partial charge in [0.1, 0.15) is 23.4 Å². The van der Waals surface area contributed by atoms with E-state index in [2.05, 4.69) is 10.3 Å². The number of aromatic nitrogens is 1. The maximum absolute atomic E-state index is 13.3. The molecule has 0 unspecified atom stereocenters. The van der Waals surface area contributed by atoms with Gasteiger partial charge in [-0.25, -0.2) is 16.8 Å². The molecule has 0 bridgehead atoms. The number of nitrogens with one attached hydrogen (secondary N) is 1. The van der Waals surface area contributed by atoms with Crippen LogP contribution in [0.5, 0.6) is 5.75 Å². The van der Waals surface area contributed by atoms with E-state index in [0.29, 0.717) is 44.7 Å². The van der Waals surface area contributed by atoms with Crippen LogP contribution in [-0.2, 0) is 24.6 Å². The molecule has 2 aliphatic heterocycles. The number of rotatable bonds is 11. The van der Waals surface area contributed by atoms with Crippen molar-refractivity contribution in [3.8, 4) is 5.75 Å². The molecule has 2 aromatic carbocycles. The number of benzene rings is 2. The van der Waals surface area contributed by atoms with Crippen LogP contribution in [0, 0.1) is 0 Å². The highest BCUT2D eigenvalue weighted by Crippen LogP contribution is 2.37. The molecule has 13 heteroatoms. The van der Waals surface area contributed by atoms with E-state index in [1.807, 2.05) is 24.3 Å². The Labute approximate surface area is 252 Å². The minimum atomic E-state index is -3.78. The molecule has 2 fully saturated rings. The van der Waals surface area contributed by atoms with Gasteiger partial charge < -0.3 is 25.0 Å². The third kappa shape index (κ3) is 6.72. The van der Waals surface area contributed by atoms with E-state index in [0.717, 1.165) is 10.9 Å². The molecule has 234 valence electrons. The molecule has 0 aliphatic carbocycles. The lowest BCUT2D eigenvalue weighted by Crippen LogP contribution is -2.47. The van der Waals surface area contributed by atoms with E-state index in [1.54, 1.807) is 18.2 Å². The minimum absolute atomic E-state index is 0.00308. The average Bonchev–Trinajstić information content (AvgIpc) is 3.40. The van der Waals surface area contributed by atoms with Crippen molar-refractivity contribution in [3.63, 3.8) is 0 Å². The molecule has 3 N–H and O–H groups in total. The first-order valence-electron chi connectivity index (χ1n) is 14.3. The van der Waals surface area contributed by atoms with Crippen molar-refractivity contribution in [1.29, 1.82) is 0 Å². The van der Waals surface area contributed by atoms with E-state index < -0.39 is 42.9 Å². The van der Waals surface area contributed by atoms with Gasteiger partial charge in [-0.3, -0.25) is 4.98 Å². The van der Waals surface area contributed by atoms with Crippen LogP contribution in [0.1, 0.15) is 33.1 Å². The summed E-state index contributed by atoms with van der Waals surface area (Å²) in [6.45, 7) is 3.75.